The Balaban J connectivity index is 1.89. The lowest BCUT2D eigenvalue weighted by molar-refractivity contribution is -0.120. The predicted molar refractivity (Wildman–Crippen MR) is 80.4 cm³/mol. The summed E-state index contributed by atoms with van der Waals surface area (Å²) in [5.74, 6) is -0.581. The highest BCUT2D eigenvalue weighted by Crippen LogP contribution is 2.15. The number of amides is 1. The highest BCUT2D eigenvalue weighted by Gasteiger charge is 2.05. The van der Waals surface area contributed by atoms with Gasteiger partial charge in [-0.25, -0.2) is 14.8 Å². The fraction of sp³-hybridized carbons (Fsp3) is 0.154. The van der Waals surface area contributed by atoms with Crippen LogP contribution in [0.2, 0.25) is 0 Å². The van der Waals surface area contributed by atoms with Gasteiger partial charge in [0.15, 0.2) is 0 Å². The van der Waals surface area contributed by atoms with E-state index in [1.165, 1.54) is 23.6 Å². The number of hydrogen-bond acceptors (Lipinski definition) is 4. The zero-order valence-corrected chi connectivity index (χ0v) is 13.0. The molecule has 2 rings (SSSR count). The summed E-state index contributed by atoms with van der Waals surface area (Å²) in [6.45, 7) is 1.88. The van der Waals surface area contributed by atoms with Crippen LogP contribution < -0.4 is 5.43 Å². The van der Waals surface area contributed by atoms with Crippen LogP contribution in [0.25, 0.3) is 0 Å². The summed E-state index contributed by atoms with van der Waals surface area (Å²) in [6, 6.07) is 4.47. The molecule has 0 aliphatic rings. The molecule has 1 aromatic heterocycles. The molecule has 20 heavy (non-hydrogen) atoms. The van der Waals surface area contributed by atoms with E-state index in [4.69, 9.17) is 0 Å². The Morgan fingerprint density at radius 3 is 3.05 bits per heavy atom. The van der Waals surface area contributed by atoms with Crippen molar-refractivity contribution in [3.8, 4) is 0 Å². The number of aryl methyl sites for hydroxylation is 1. The van der Waals surface area contributed by atoms with Gasteiger partial charge in [-0.05, 0) is 40.5 Å². The van der Waals surface area contributed by atoms with Gasteiger partial charge >= 0.3 is 0 Å². The third-order valence-electron chi connectivity index (χ3n) is 2.32. The molecule has 0 aliphatic carbocycles. The lowest BCUT2D eigenvalue weighted by Crippen LogP contribution is -2.19. The molecule has 2 aromatic rings. The Hall–Kier alpha value is -1.60. The molecule has 0 fully saturated rings. The lowest BCUT2D eigenvalue weighted by Gasteiger charge is -1.98. The van der Waals surface area contributed by atoms with Crippen LogP contribution in [0.5, 0.6) is 0 Å². The first-order valence-electron chi connectivity index (χ1n) is 5.72. The molecule has 0 bridgehead atoms. The number of hydrazone groups is 1. The van der Waals surface area contributed by atoms with Crippen LogP contribution in [0, 0.1) is 12.7 Å². The van der Waals surface area contributed by atoms with Gasteiger partial charge < -0.3 is 0 Å². The summed E-state index contributed by atoms with van der Waals surface area (Å²) in [5.41, 5.74) is 4.00. The largest absolute Gasteiger partial charge is 0.273 e. The number of carbonyl (C=O) groups is 1. The molecule has 0 radical (unpaired) electrons. The third-order valence-corrected chi connectivity index (χ3v) is 3.90. The van der Waals surface area contributed by atoms with Crippen molar-refractivity contribution in [2.45, 2.75) is 13.3 Å². The van der Waals surface area contributed by atoms with Crippen LogP contribution in [-0.4, -0.2) is 17.1 Å². The Morgan fingerprint density at radius 1 is 1.60 bits per heavy atom. The second-order valence-electron chi connectivity index (χ2n) is 4.03. The maximum atomic E-state index is 13.0. The van der Waals surface area contributed by atoms with Crippen LogP contribution >= 0.6 is 27.3 Å². The first-order chi connectivity index (χ1) is 9.54. The minimum atomic E-state index is -0.342. The van der Waals surface area contributed by atoms with E-state index < -0.39 is 0 Å². The zero-order chi connectivity index (χ0) is 14.5. The summed E-state index contributed by atoms with van der Waals surface area (Å²) < 4.78 is 13.4. The van der Waals surface area contributed by atoms with Gasteiger partial charge in [-0.15, -0.1) is 11.3 Å². The minimum Gasteiger partial charge on any atom is -0.273 e. The highest BCUT2D eigenvalue weighted by atomic mass is 79.9. The van der Waals surface area contributed by atoms with Gasteiger partial charge in [0.2, 0.25) is 5.91 Å². The van der Waals surface area contributed by atoms with E-state index >= 15 is 0 Å². The average Bonchev–Trinajstić information content (AvgIpc) is 2.79. The van der Waals surface area contributed by atoms with Gasteiger partial charge in [0.1, 0.15) is 10.8 Å². The lowest BCUT2D eigenvalue weighted by atomic mass is 10.2. The first kappa shape index (κ1) is 14.8. The second-order valence-corrected chi connectivity index (χ2v) is 5.82. The second kappa shape index (κ2) is 6.71. The smallest absolute Gasteiger partial charge is 0.246 e. The van der Waals surface area contributed by atoms with Crippen molar-refractivity contribution in [3.63, 3.8) is 0 Å². The van der Waals surface area contributed by atoms with Crippen molar-refractivity contribution in [1.29, 1.82) is 0 Å². The molecular formula is C13H11BrFN3OS. The van der Waals surface area contributed by atoms with E-state index in [-0.39, 0.29) is 18.1 Å². The number of hydrogen-bond donors (Lipinski definition) is 1. The molecule has 0 unspecified atom stereocenters. The van der Waals surface area contributed by atoms with Crippen molar-refractivity contribution in [1.82, 2.24) is 10.4 Å². The molecule has 1 heterocycles. The number of nitrogens with zero attached hydrogens (tertiary/aromatic N) is 2. The number of benzene rings is 1. The molecule has 1 aromatic carbocycles. The summed E-state index contributed by atoms with van der Waals surface area (Å²) in [5, 5.41) is 6.46. The monoisotopic (exact) mass is 355 g/mol. The third kappa shape index (κ3) is 4.21. The predicted octanol–water partition coefficient (Wildman–Crippen LogP) is 3.05. The van der Waals surface area contributed by atoms with Gasteiger partial charge in [-0.3, -0.25) is 4.79 Å². The molecule has 7 heteroatoms. The zero-order valence-electron chi connectivity index (χ0n) is 10.6. The topological polar surface area (TPSA) is 54.4 Å². The minimum absolute atomic E-state index is 0.197. The summed E-state index contributed by atoms with van der Waals surface area (Å²) in [7, 11) is 0. The van der Waals surface area contributed by atoms with Gasteiger partial charge in [0.05, 0.1) is 17.1 Å². The number of thiazole rings is 1. The Bertz CT molecular complexity index is 657. The van der Waals surface area contributed by atoms with E-state index in [1.807, 2.05) is 12.3 Å². The van der Waals surface area contributed by atoms with E-state index in [1.54, 1.807) is 12.1 Å². The number of aromatic nitrogens is 1. The van der Waals surface area contributed by atoms with Gasteiger partial charge in [-0.2, -0.15) is 5.10 Å². The summed E-state index contributed by atoms with van der Waals surface area (Å²) in [4.78, 5) is 15.8. The van der Waals surface area contributed by atoms with Crippen LogP contribution in [0.3, 0.4) is 0 Å². The van der Waals surface area contributed by atoms with Gasteiger partial charge in [-0.1, -0.05) is 6.07 Å². The maximum absolute atomic E-state index is 13.0. The Morgan fingerprint density at radius 2 is 2.40 bits per heavy atom. The fourth-order valence-corrected chi connectivity index (χ4v) is 2.60. The quantitative estimate of drug-likeness (QED) is 0.676. The van der Waals surface area contributed by atoms with Crippen molar-refractivity contribution in [2.24, 2.45) is 5.10 Å². The van der Waals surface area contributed by atoms with E-state index in [0.717, 1.165) is 10.7 Å². The molecule has 0 saturated carbocycles. The molecule has 0 atom stereocenters. The number of carbonyl (C=O) groups excluding carboxylic acids is 1. The normalized spacial score (nSPS) is 10.9. The van der Waals surface area contributed by atoms with Gasteiger partial charge in [0.25, 0.3) is 0 Å². The molecule has 4 nitrogen and oxygen atoms in total. The van der Waals surface area contributed by atoms with Crippen molar-refractivity contribution in [2.75, 3.05) is 0 Å². The summed E-state index contributed by atoms with van der Waals surface area (Å²) >= 11 is 4.52. The maximum Gasteiger partial charge on any atom is 0.246 e. The molecule has 0 spiro atoms. The van der Waals surface area contributed by atoms with Gasteiger partial charge in [0, 0.05) is 11.1 Å². The standard InChI is InChI=1S/C13H11BrFN3OS/c1-8-7-20-13(17-8)5-12(19)18-16-6-9-2-3-11(15)10(14)4-9/h2-4,6-7H,5H2,1H3,(H,18,19)/b16-6-. The number of halogens is 2. The van der Waals surface area contributed by atoms with E-state index in [0.29, 0.717) is 10.0 Å². The Kier molecular flexibility index (Phi) is 4.97. The SMILES string of the molecule is Cc1csc(CC(=O)N/N=C\c2ccc(F)c(Br)c2)n1. The number of nitrogens with one attached hydrogen (secondary N) is 1. The highest BCUT2D eigenvalue weighted by molar-refractivity contribution is 9.10. The molecule has 1 N–H and O–H groups in total. The first-order valence-corrected chi connectivity index (χ1v) is 7.40. The van der Waals surface area contributed by atoms with Crippen LogP contribution in [-0.2, 0) is 11.2 Å². The average molecular weight is 356 g/mol. The Labute approximate surface area is 127 Å². The van der Waals surface area contributed by atoms with E-state index in [9.17, 15) is 9.18 Å². The number of rotatable bonds is 4. The molecule has 0 saturated heterocycles. The van der Waals surface area contributed by atoms with Crippen molar-refractivity contribution < 1.29 is 9.18 Å². The van der Waals surface area contributed by atoms with Crippen molar-refractivity contribution in [3.05, 3.63) is 50.1 Å². The summed E-state index contributed by atoms with van der Waals surface area (Å²) in [6.07, 6.45) is 1.65. The van der Waals surface area contributed by atoms with Crippen LogP contribution in [0.15, 0.2) is 33.2 Å². The van der Waals surface area contributed by atoms with E-state index in [2.05, 4.69) is 31.4 Å². The van der Waals surface area contributed by atoms with Crippen molar-refractivity contribution >= 4 is 39.4 Å². The molecule has 1 amide bonds. The molecular weight excluding hydrogens is 345 g/mol. The molecule has 104 valence electrons. The van der Waals surface area contributed by atoms with Crippen LogP contribution in [0.4, 0.5) is 4.39 Å². The van der Waals surface area contributed by atoms with Crippen LogP contribution in [0.1, 0.15) is 16.3 Å². The fourth-order valence-electron chi connectivity index (χ4n) is 1.43. The molecule has 0 aliphatic heterocycles.